The summed E-state index contributed by atoms with van der Waals surface area (Å²) in [5, 5.41) is 3.63. The molecule has 1 aromatic carbocycles. The number of benzene rings is 1. The summed E-state index contributed by atoms with van der Waals surface area (Å²) >= 11 is 0. The van der Waals surface area contributed by atoms with Crippen molar-refractivity contribution in [3.63, 3.8) is 0 Å². The van der Waals surface area contributed by atoms with Crippen LogP contribution in [0.15, 0.2) is 24.3 Å². The van der Waals surface area contributed by atoms with Crippen molar-refractivity contribution in [2.24, 2.45) is 5.41 Å². The standard InChI is InChI=1S/C17H25NO2/c1-19-11-9-17(7-8-17)13-18-12-16-15-5-3-2-4-14(15)6-10-20-16/h2-5,16,18H,6-13H2,1H3. The molecule has 3 rings (SSSR count). The van der Waals surface area contributed by atoms with Crippen LogP contribution in [0.4, 0.5) is 0 Å². The molecule has 1 aromatic rings. The van der Waals surface area contributed by atoms with Gasteiger partial charge in [0.25, 0.3) is 0 Å². The van der Waals surface area contributed by atoms with Crippen LogP contribution in [0, 0.1) is 5.41 Å². The fourth-order valence-corrected chi connectivity index (χ4v) is 3.12. The molecule has 110 valence electrons. The molecule has 0 spiro atoms. The van der Waals surface area contributed by atoms with Gasteiger partial charge in [-0.05, 0) is 42.2 Å². The van der Waals surface area contributed by atoms with Crippen LogP contribution in [0.2, 0.25) is 0 Å². The van der Waals surface area contributed by atoms with Crippen LogP contribution in [0.3, 0.4) is 0 Å². The monoisotopic (exact) mass is 275 g/mol. The number of methoxy groups -OCH3 is 1. The lowest BCUT2D eigenvalue weighted by molar-refractivity contribution is 0.0414. The Labute approximate surface area is 121 Å². The second-order valence-corrected chi connectivity index (χ2v) is 6.18. The summed E-state index contributed by atoms with van der Waals surface area (Å²) in [5.74, 6) is 0. The molecule has 1 saturated carbocycles. The van der Waals surface area contributed by atoms with Gasteiger partial charge in [-0.15, -0.1) is 0 Å². The van der Waals surface area contributed by atoms with Crippen LogP contribution in [-0.4, -0.2) is 33.4 Å². The average Bonchev–Trinajstić information content (AvgIpc) is 3.26. The Morgan fingerprint density at radius 1 is 1.35 bits per heavy atom. The normalized spacial score (nSPS) is 23.4. The Bertz CT molecular complexity index is 442. The van der Waals surface area contributed by atoms with Crippen LogP contribution in [0.1, 0.15) is 36.5 Å². The molecule has 1 atom stereocenters. The largest absolute Gasteiger partial charge is 0.385 e. The minimum atomic E-state index is 0.221. The third-order valence-corrected chi connectivity index (χ3v) is 4.72. The molecule has 1 aliphatic carbocycles. The van der Waals surface area contributed by atoms with E-state index in [1.807, 2.05) is 0 Å². The molecule has 0 aromatic heterocycles. The molecule has 1 fully saturated rings. The summed E-state index contributed by atoms with van der Waals surface area (Å²) in [7, 11) is 1.79. The fraction of sp³-hybridized carbons (Fsp3) is 0.647. The highest BCUT2D eigenvalue weighted by atomic mass is 16.5. The Hall–Kier alpha value is -0.900. The SMILES string of the molecule is COCCC1(CNCC2OCCc3ccccc32)CC1. The van der Waals surface area contributed by atoms with E-state index in [2.05, 4.69) is 29.6 Å². The van der Waals surface area contributed by atoms with Crippen LogP contribution < -0.4 is 5.32 Å². The van der Waals surface area contributed by atoms with E-state index in [4.69, 9.17) is 9.47 Å². The van der Waals surface area contributed by atoms with Gasteiger partial charge in [0.1, 0.15) is 0 Å². The van der Waals surface area contributed by atoms with Crippen molar-refractivity contribution in [1.29, 1.82) is 0 Å². The number of fused-ring (bicyclic) bond motifs is 1. The molecular weight excluding hydrogens is 250 g/mol. The van der Waals surface area contributed by atoms with E-state index in [0.29, 0.717) is 5.41 Å². The molecule has 1 unspecified atom stereocenters. The first-order valence-electron chi connectivity index (χ1n) is 7.72. The van der Waals surface area contributed by atoms with E-state index < -0.39 is 0 Å². The Morgan fingerprint density at radius 2 is 2.20 bits per heavy atom. The number of hydrogen-bond acceptors (Lipinski definition) is 3. The maximum Gasteiger partial charge on any atom is 0.0952 e. The zero-order valence-corrected chi connectivity index (χ0v) is 12.4. The molecule has 0 bridgehead atoms. The topological polar surface area (TPSA) is 30.5 Å². The van der Waals surface area contributed by atoms with Gasteiger partial charge in [0.2, 0.25) is 0 Å². The van der Waals surface area contributed by atoms with Gasteiger partial charge in [-0.2, -0.15) is 0 Å². The molecule has 0 saturated heterocycles. The third-order valence-electron chi connectivity index (χ3n) is 4.72. The summed E-state index contributed by atoms with van der Waals surface area (Å²) in [6.07, 6.45) is 5.12. The Morgan fingerprint density at radius 3 is 3.00 bits per heavy atom. The van der Waals surface area contributed by atoms with Crippen molar-refractivity contribution < 1.29 is 9.47 Å². The highest BCUT2D eigenvalue weighted by Crippen LogP contribution is 2.48. The molecule has 3 nitrogen and oxygen atoms in total. The van der Waals surface area contributed by atoms with Gasteiger partial charge < -0.3 is 14.8 Å². The van der Waals surface area contributed by atoms with E-state index in [1.54, 1.807) is 7.11 Å². The molecular formula is C17H25NO2. The summed E-state index contributed by atoms with van der Waals surface area (Å²) in [4.78, 5) is 0. The van der Waals surface area contributed by atoms with Crippen molar-refractivity contribution in [2.75, 3.05) is 33.4 Å². The quantitative estimate of drug-likeness (QED) is 0.830. The Balaban J connectivity index is 1.50. The summed E-state index contributed by atoms with van der Waals surface area (Å²) in [5.41, 5.74) is 3.32. The molecule has 0 amide bonds. The molecule has 20 heavy (non-hydrogen) atoms. The van der Waals surface area contributed by atoms with E-state index in [9.17, 15) is 0 Å². The molecule has 1 heterocycles. The van der Waals surface area contributed by atoms with Gasteiger partial charge in [0, 0.05) is 26.8 Å². The number of hydrogen-bond donors (Lipinski definition) is 1. The van der Waals surface area contributed by atoms with Crippen LogP contribution >= 0.6 is 0 Å². The highest BCUT2D eigenvalue weighted by molar-refractivity contribution is 5.31. The van der Waals surface area contributed by atoms with Crippen molar-refractivity contribution in [3.05, 3.63) is 35.4 Å². The zero-order valence-electron chi connectivity index (χ0n) is 12.4. The first-order valence-corrected chi connectivity index (χ1v) is 7.72. The predicted octanol–water partition coefficient (Wildman–Crippen LogP) is 2.71. The lowest BCUT2D eigenvalue weighted by atomic mass is 9.97. The van der Waals surface area contributed by atoms with Gasteiger partial charge in [-0.3, -0.25) is 0 Å². The van der Waals surface area contributed by atoms with Gasteiger partial charge in [-0.25, -0.2) is 0 Å². The van der Waals surface area contributed by atoms with Crippen LogP contribution in [0.5, 0.6) is 0 Å². The first-order chi connectivity index (χ1) is 9.83. The minimum absolute atomic E-state index is 0.221. The predicted molar refractivity (Wildman–Crippen MR) is 79.9 cm³/mol. The summed E-state index contributed by atoms with van der Waals surface area (Å²) in [6, 6.07) is 8.67. The molecule has 0 radical (unpaired) electrons. The maximum atomic E-state index is 5.93. The second-order valence-electron chi connectivity index (χ2n) is 6.18. The molecule has 1 aliphatic heterocycles. The van der Waals surface area contributed by atoms with E-state index in [1.165, 1.54) is 30.4 Å². The third kappa shape index (κ3) is 3.22. The van der Waals surface area contributed by atoms with E-state index in [0.717, 1.165) is 32.7 Å². The van der Waals surface area contributed by atoms with Crippen molar-refractivity contribution in [1.82, 2.24) is 5.32 Å². The van der Waals surface area contributed by atoms with Crippen molar-refractivity contribution in [2.45, 2.75) is 31.8 Å². The highest BCUT2D eigenvalue weighted by Gasteiger charge is 2.41. The smallest absolute Gasteiger partial charge is 0.0952 e. The number of nitrogens with one attached hydrogen (secondary N) is 1. The number of ether oxygens (including phenoxy) is 2. The molecule has 1 N–H and O–H groups in total. The second kappa shape index (κ2) is 6.25. The van der Waals surface area contributed by atoms with Gasteiger partial charge in [-0.1, -0.05) is 24.3 Å². The molecule has 3 heteroatoms. The summed E-state index contributed by atoms with van der Waals surface area (Å²) < 4.78 is 11.1. The minimum Gasteiger partial charge on any atom is -0.385 e. The maximum absolute atomic E-state index is 5.93. The van der Waals surface area contributed by atoms with Crippen molar-refractivity contribution >= 4 is 0 Å². The van der Waals surface area contributed by atoms with Gasteiger partial charge in [0.15, 0.2) is 0 Å². The first kappa shape index (κ1) is 14.1. The zero-order chi connectivity index (χ0) is 13.8. The lowest BCUT2D eigenvalue weighted by Gasteiger charge is -2.27. The van der Waals surface area contributed by atoms with Crippen LogP contribution in [0.25, 0.3) is 0 Å². The summed E-state index contributed by atoms with van der Waals surface area (Å²) in [6.45, 7) is 3.74. The Kier molecular flexibility index (Phi) is 4.39. The van der Waals surface area contributed by atoms with Gasteiger partial charge >= 0.3 is 0 Å². The number of rotatable bonds is 7. The van der Waals surface area contributed by atoms with E-state index in [-0.39, 0.29) is 6.10 Å². The lowest BCUT2D eigenvalue weighted by Crippen LogP contribution is -2.32. The van der Waals surface area contributed by atoms with Gasteiger partial charge in [0.05, 0.1) is 12.7 Å². The van der Waals surface area contributed by atoms with E-state index >= 15 is 0 Å². The molecule has 2 aliphatic rings. The fourth-order valence-electron chi connectivity index (χ4n) is 3.12. The van der Waals surface area contributed by atoms with Crippen LogP contribution in [-0.2, 0) is 15.9 Å². The average molecular weight is 275 g/mol. The van der Waals surface area contributed by atoms with Crippen molar-refractivity contribution in [3.8, 4) is 0 Å².